The highest BCUT2D eigenvalue weighted by Crippen LogP contribution is 2.18. The van der Waals surface area contributed by atoms with Crippen LogP contribution in [0.15, 0.2) is 0 Å². The minimum absolute atomic E-state index is 0.0462. The minimum Gasteiger partial charge on any atom is -0.396 e. The summed E-state index contributed by atoms with van der Waals surface area (Å²) < 4.78 is 0. The Labute approximate surface area is 124 Å². The molecule has 0 aliphatic carbocycles. The van der Waals surface area contributed by atoms with E-state index in [4.69, 9.17) is 5.11 Å². The number of hydrogen-bond donors (Lipinski definition) is 3. The molecule has 0 aliphatic heterocycles. The summed E-state index contributed by atoms with van der Waals surface area (Å²) in [5, 5.41) is 24.1. The lowest BCUT2D eigenvalue weighted by Gasteiger charge is -2.28. The number of hydrogen-bond acceptors (Lipinski definition) is 5. The number of amides is 2. The van der Waals surface area contributed by atoms with Crippen molar-refractivity contribution in [2.24, 2.45) is 0 Å². The van der Waals surface area contributed by atoms with E-state index < -0.39 is 5.54 Å². The van der Waals surface area contributed by atoms with Gasteiger partial charge in [-0.1, -0.05) is 31.6 Å². The Morgan fingerprint density at radius 1 is 1.40 bits per heavy atom. The van der Waals surface area contributed by atoms with E-state index in [-0.39, 0.29) is 12.6 Å². The fourth-order valence-corrected chi connectivity index (χ4v) is 2.49. The SMILES string of the molecule is CCCCc1nnc(NC(=O)NC(C)(CC)CCO)s1. The average Bonchev–Trinajstić information content (AvgIpc) is 2.83. The Kier molecular flexibility index (Phi) is 6.87. The van der Waals surface area contributed by atoms with Gasteiger partial charge in [-0.3, -0.25) is 5.32 Å². The second kappa shape index (κ2) is 8.16. The topological polar surface area (TPSA) is 87.1 Å². The number of urea groups is 1. The lowest BCUT2D eigenvalue weighted by molar-refractivity contribution is 0.208. The summed E-state index contributed by atoms with van der Waals surface area (Å²) in [5.74, 6) is 0. The average molecular weight is 300 g/mol. The number of aryl methyl sites for hydroxylation is 1. The van der Waals surface area contributed by atoms with E-state index in [2.05, 4.69) is 27.8 Å². The molecule has 1 heterocycles. The molecule has 2 amide bonds. The number of unbranched alkanes of at least 4 members (excludes halogenated alkanes) is 1. The fraction of sp³-hybridized carbons (Fsp3) is 0.769. The maximum atomic E-state index is 11.9. The maximum absolute atomic E-state index is 11.9. The zero-order valence-electron chi connectivity index (χ0n) is 12.4. The molecule has 1 rings (SSSR count). The van der Waals surface area contributed by atoms with Gasteiger partial charge in [-0.2, -0.15) is 0 Å². The van der Waals surface area contributed by atoms with Gasteiger partial charge in [0.25, 0.3) is 0 Å². The molecule has 1 aromatic rings. The van der Waals surface area contributed by atoms with Crippen molar-refractivity contribution in [1.29, 1.82) is 0 Å². The smallest absolute Gasteiger partial charge is 0.321 e. The number of nitrogens with zero attached hydrogens (tertiary/aromatic N) is 2. The molecule has 0 saturated carbocycles. The van der Waals surface area contributed by atoms with E-state index >= 15 is 0 Å². The van der Waals surface area contributed by atoms with Crippen molar-refractivity contribution in [2.75, 3.05) is 11.9 Å². The molecule has 0 fully saturated rings. The molecule has 6 nitrogen and oxygen atoms in total. The number of nitrogens with one attached hydrogen (secondary N) is 2. The van der Waals surface area contributed by atoms with Gasteiger partial charge in [-0.05, 0) is 26.2 Å². The Hall–Kier alpha value is -1.21. The van der Waals surface area contributed by atoms with Crippen LogP contribution >= 0.6 is 11.3 Å². The second-order valence-corrected chi connectivity index (χ2v) is 6.13. The molecule has 0 radical (unpaired) electrons. The number of aromatic nitrogens is 2. The molecule has 20 heavy (non-hydrogen) atoms. The summed E-state index contributed by atoms with van der Waals surface area (Å²) in [4.78, 5) is 11.9. The van der Waals surface area contributed by atoms with E-state index in [1.54, 1.807) is 0 Å². The first kappa shape index (κ1) is 16.8. The molecule has 0 aliphatic rings. The zero-order chi connectivity index (χ0) is 15.0. The highest BCUT2D eigenvalue weighted by molar-refractivity contribution is 7.15. The highest BCUT2D eigenvalue weighted by Gasteiger charge is 2.24. The van der Waals surface area contributed by atoms with Crippen molar-refractivity contribution >= 4 is 22.5 Å². The Balaban J connectivity index is 2.51. The van der Waals surface area contributed by atoms with Gasteiger partial charge in [0.15, 0.2) is 0 Å². The summed E-state index contributed by atoms with van der Waals surface area (Å²) in [6.45, 7) is 6.06. The number of carbonyl (C=O) groups excluding carboxylic acids is 1. The van der Waals surface area contributed by atoms with Crippen LogP contribution in [0.2, 0.25) is 0 Å². The standard InChI is InChI=1S/C13H24N4O2S/c1-4-6-7-10-16-17-12(20-10)14-11(19)15-13(3,5-2)8-9-18/h18H,4-9H2,1-3H3,(H2,14,15,17,19). The van der Waals surface area contributed by atoms with Crippen molar-refractivity contribution in [3.05, 3.63) is 5.01 Å². The predicted molar refractivity (Wildman–Crippen MR) is 81.1 cm³/mol. The molecular weight excluding hydrogens is 276 g/mol. The fourth-order valence-electron chi connectivity index (χ4n) is 1.71. The number of carbonyl (C=O) groups is 1. The molecule has 1 atom stereocenters. The first-order valence-electron chi connectivity index (χ1n) is 7.05. The Morgan fingerprint density at radius 3 is 2.75 bits per heavy atom. The lowest BCUT2D eigenvalue weighted by atomic mass is 9.95. The summed E-state index contributed by atoms with van der Waals surface area (Å²) in [6.07, 6.45) is 4.35. The first-order chi connectivity index (χ1) is 9.53. The van der Waals surface area contributed by atoms with Crippen LogP contribution in [0.5, 0.6) is 0 Å². The van der Waals surface area contributed by atoms with Gasteiger partial charge in [0.05, 0.1) is 0 Å². The molecule has 0 saturated heterocycles. The van der Waals surface area contributed by atoms with E-state index in [1.807, 2.05) is 13.8 Å². The third kappa shape index (κ3) is 5.42. The van der Waals surface area contributed by atoms with Crippen LogP contribution in [-0.2, 0) is 6.42 Å². The van der Waals surface area contributed by atoms with E-state index in [0.717, 1.165) is 30.7 Å². The normalized spacial score (nSPS) is 13.8. The second-order valence-electron chi connectivity index (χ2n) is 5.07. The summed E-state index contributed by atoms with van der Waals surface area (Å²) in [7, 11) is 0. The maximum Gasteiger partial charge on any atom is 0.321 e. The predicted octanol–water partition coefficient (Wildman–Crippen LogP) is 2.55. The van der Waals surface area contributed by atoms with Crippen molar-refractivity contribution in [2.45, 2.75) is 58.4 Å². The van der Waals surface area contributed by atoms with Crippen LogP contribution in [0.25, 0.3) is 0 Å². The Bertz CT molecular complexity index is 424. The first-order valence-corrected chi connectivity index (χ1v) is 7.87. The van der Waals surface area contributed by atoms with Crippen LogP contribution in [0.4, 0.5) is 9.93 Å². The summed E-state index contributed by atoms with van der Waals surface area (Å²) in [6, 6.07) is -0.305. The van der Waals surface area contributed by atoms with E-state index in [9.17, 15) is 4.79 Å². The molecule has 0 bridgehead atoms. The van der Waals surface area contributed by atoms with Crippen molar-refractivity contribution in [1.82, 2.24) is 15.5 Å². The summed E-state index contributed by atoms with van der Waals surface area (Å²) >= 11 is 1.40. The van der Waals surface area contributed by atoms with Crippen LogP contribution in [0.3, 0.4) is 0 Å². The third-order valence-electron chi connectivity index (χ3n) is 3.29. The minimum atomic E-state index is -0.408. The largest absolute Gasteiger partial charge is 0.396 e. The van der Waals surface area contributed by atoms with Crippen LogP contribution in [-0.4, -0.2) is 33.5 Å². The van der Waals surface area contributed by atoms with Crippen molar-refractivity contribution < 1.29 is 9.90 Å². The summed E-state index contributed by atoms with van der Waals surface area (Å²) in [5.41, 5.74) is -0.408. The number of aliphatic hydroxyl groups excluding tert-OH is 1. The van der Waals surface area contributed by atoms with Crippen LogP contribution in [0.1, 0.15) is 51.5 Å². The van der Waals surface area contributed by atoms with Gasteiger partial charge in [-0.15, -0.1) is 10.2 Å². The van der Waals surface area contributed by atoms with Crippen molar-refractivity contribution in [3.8, 4) is 0 Å². The van der Waals surface area contributed by atoms with Gasteiger partial charge < -0.3 is 10.4 Å². The number of anilines is 1. The third-order valence-corrected chi connectivity index (χ3v) is 4.19. The number of rotatable bonds is 8. The molecule has 3 N–H and O–H groups in total. The highest BCUT2D eigenvalue weighted by atomic mass is 32.1. The van der Waals surface area contributed by atoms with Gasteiger partial charge >= 0.3 is 6.03 Å². The van der Waals surface area contributed by atoms with Crippen LogP contribution in [0, 0.1) is 0 Å². The van der Waals surface area contributed by atoms with E-state index in [1.165, 1.54) is 11.3 Å². The van der Waals surface area contributed by atoms with Gasteiger partial charge in [0.2, 0.25) is 5.13 Å². The van der Waals surface area contributed by atoms with Gasteiger partial charge in [0, 0.05) is 18.6 Å². The quantitative estimate of drug-likeness (QED) is 0.688. The lowest BCUT2D eigenvalue weighted by Crippen LogP contribution is -2.48. The number of aliphatic hydroxyl groups is 1. The molecule has 114 valence electrons. The van der Waals surface area contributed by atoms with Crippen molar-refractivity contribution in [3.63, 3.8) is 0 Å². The van der Waals surface area contributed by atoms with Gasteiger partial charge in [0.1, 0.15) is 5.01 Å². The van der Waals surface area contributed by atoms with Gasteiger partial charge in [-0.25, -0.2) is 4.79 Å². The molecule has 1 unspecified atom stereocenters. The monoisotopic (exact) mass is 300 g/mol. The Morgan fingerprint density at radius 2 is 2.15 bits per heavy atom. The molecule has 7 heteroatoms. The molecule has 0 aromatic carbocycles. The molecular formula is C13H24N4O2S. The van der Waals surface area contributed by atoms with E-state index in [0.29, 0.717) is 11.6 Å². The molecule has 1 aromatic heterocycles. The molecule has 0 spiro atoms. The zero-order valence-corrected chi connectivity index (χ0v) is 13.2. The van der Waals surface area contributed by atoms with Crippen LogP contribution < -0.4 is 10.6 Å².